The number of esters is 1. The third kappa shape index (κ3) is 6.36. The molecule has 2 atom stereocenters. The maximum absolute atomic E-state index is 11.6. The van der Waals surface area contributed by atoms with Crippen molar-refractivity contribution in [3.63, 3.8) is 0 Å². The lowest BCUT2D eigenvalue weighted by Crippen LogP contribution is -2.32. The third-order valence-electron chi connectivity index (χ3n) is 3.38. The van der Waals surface area contributed by atoms with E-state index in [4.69, 9.17) is 4.74 Å². The van der Waals surface area contributed by atoms with Gasteiger partial charge in [0.1, 0.15) is 6.04 Å². The van der Waals surface area contributed by atoms with Crippen molar-refractivity contribution in [2.24, 2.45) is 0 Å². The molecule has 1 aliphatic heterocycles. The van der Waals surface area contributed by atoms with E-state index in [1.165, 1.54) is 32.1 Å². The molecule has 0 aromatic heterocycles. The predicted octanol–water partition coefficient (Wildman–Crippen LogP) is 2.00. The van der Waals surface area contributed by atoms with E-state index < -0.39 is 6.10 Å². The number of unbranched alkanes of at least 4 members (excludes halogenated alkanes) is 6. The van der Waals surface area contributed by atoms with Gasteiger partial charge in [-0.2, -0.15) is 0 Å². The third-order valence-corrected chi connectivity index (χ3v) is 3.38. The number of rotatable bonds is 9. The summed E-state index contributed by atoms with van der Waals surface area (Å²) in [6, 6.07) is -0.301. The summed E-state index contributed by atoms with van der Waals surface area (Å²) >= 11 is 0. The lowest BCUT2D eigenvalue weighted by atomic mass is 10.1. The lowest BCUT2D eigenvalue weighted by Gasteiger charge is -2.10. The maximum Gasteiger partial charge on any atom is 0.323 e. The van der Waals surface area contributed by atoms with E-state index in [9.17, 15) is 9.90 Å². The normalized spacial score (nSPS) is 23.2. The van der Waals surface area contributed by atoms with Crippen LogP contribution in [0.15, 0.2) is 0 Å². The van der Waals surface area contributed by atoms with Crippen LogP contribution in [0.1, 0.15) is 58.3 Å². The number of hydrogen-bond acceptors (Lipinski definition) is 4. The average Bonchev–Trinajstić information content (AvgIpc) is 2.79. The van der Waals surface area contributed by atoms with Crippen molar-refractivity contribution in [1.29, 1.82) is 0 Å². The zero-order valence-electron chi connectivity index (χ0n) is 11.5. The van der Waals surface area contributed by atoms with Gasteiger partial charge in [-0.1, -0.05) is 45.4 Å². The Morgan fingerprint density at radius 3 is 2.50 bits per heavy atom. The molecular formula is C14H27NO3. The number of nitrogens with one attached hydrogen (secondary N) is 1. The number of aliphatic hydroxyl groups excluding tert-OH is 1. The van der Waals surface area contributed by atoms with Crippen LogP contribution < -0.4 is 5.32 Å². The van der Waals surface area contributed by atoms with Gasteiger partial charge in [0, 0.05) is 13.0 Å². The molecule has 4 nitrogen and oxygen atoms in total. The zero-order chi connectivity index (χ0) is 13.2. The van der Waals surface area contributed by atoms with E-state index in [2.05, 4.69) is 12.2 Å². The van der Waals surface area contributed by atoms with E-state index >= 15 is 0 Å². The molecular weight excluding hydrogens is 230 g/mol. The number of β-amino-alcohol motifs (C(OH)–C–C–N with tert-alkyl or cyclic N) is 1. The first-order chi connectivity index (χ1) is 8.74. The van der Waals surface area contributed by atoms with E-state index in [0.29, 0.717) is 19.6 Å². The van der Waals surface area contributed by atoms with E-state index in [-0.39, 0.29) is 12.0 Å². The highest BCUT2D eigenvalue weighted by Gasteiger charge is 2.28. The van der Waals surface area contributed by atoms with Crippen LogP contribution in [-0.2, 0) is 9.53 Å². The molecule has 1 fully saturated rings. The SMILES string of the molecule is CCCCCCCCCOC(=O)[C@@H]1C[C@@H](O)CN1. The molecule has 18 heavy (non-hydrogen) atoms. The van der Waals surface area contributed by atoms with Crippen molar-refractivity contribution in [1.82, 2.24) is 5.32 Å². The molecule has 0 saturated carbocycles. The van der Waals surface area contributed by atoms with E-state index in [1.807, 2.05) is 0 Å². The van der Waals surface area contributed by atoms with Gasteiger partial charge in [-0.25, -0.2) is 0 Å². The highest BCUT2D eigenvalue weighted by molar-refractivity contribution is 5.76. The second-order valence-corrected chi connectivity index (χ2v) is 5.14. The number of ether oxygens (including phenoxy) is 1. The fourth-order valence-electron chi connectivity index (χ4n) is 2.23. The van der Waals surface area contributed by atoms with Crippen molar-refractivity contribution >= 4 is 5.97 Å². The van der Waals surface area contributed by atoms with Gasteiger partial charge in [-0.05, 0) is 6.42 Å². The van der Waals surface area contributed by atoms with Crippen molar-refractivity contribution in [3.8, 4) is 0 Å². The largest absolute Gasteiger partial charge is 0.465 e. The molecule has 0 radical (unpaired) electrons. The van der Waals surface area contributed by atoms with Crippen molar-refractivity contribution in [2.75, 3.05) is 13.2 Å². The Morgan fingerprint density at radius 2 is 1.89 bits per heavy atom. The number of carbonyl (C=O) groups excluding carboxylic acids is 1. The molecule has 1 heterocycles. The first kappa shape index (κ1) is 15.4. The Labute approximate surface area is 110 Å². The molecule has 1 saturated heterocycles. The quantitative estimate of drug-likeness (QED) is 0.490. The molecule has 0 aromatic carbocycles. The smallest absolute Gasteiger partial charge is 0.323 e. The summed E-state index contributed by atoms with van der Waals surface area (Å²) in [5.74, 6) is -0.211. The highest BCUT2D eigenvalue weighted by atomic mass is 16.5. The molecule has 4 heteroatoms. The monoisotopic (exact) mass is 257 g/mol. The van der Waals surface area contributed by atoms with E-state index in [1.54, 1.807) is 0 Å². The van der Waals surface area contributed by atoms with Crippen LogP contribution >= 0.6 is 0 Å². The van der Waals surface area contributed by atoms with Gasteiger partial charge in [0.15, 0.2) is 0 Å². The summed E-state index contributed by atoms with van der Waals surface area (Å²) < 4.78 is 5.19. The summed E-state index contributed by atoms with van der Waals surface area (Å²) in [4.78, 5) is 11.6. The molecule has 0 aromatic rings. The zero-order valence-corrected chi connectivity index (χ0v) is 11.5. The minimum atomic E-state index is -0.402. The average molecular weight is 257 g/mol. The van der Waals surface area contributed by atoms with Crippen LogP contribution in [0.3, 0.4) is 0 Å². The standard InChI is InChI=1S/C14H27NO3/c1-2-3-4-5-6-7-8-9-18-14(17)13-10-12(16)11-15-13/h12-13,15-16H,2-11H2,1H3/t12-,13+/m1/s1. The Kier molecular flexibility index (Phi) is 8.01. The fraction of sp³-hybridized carbons (Fsp3) is 0.929. The van der Waals surface area contributed by atoms with Crippen LogP contribution in [0.5, 0.6) is 0 Å². The second-order valence-electron chi connectivity index (χ2n) is 5.14. The summed E-state index contributed by atoms with van der Waals surface area (Å²) in [7, 11) is 0. The Morgan fingerprint density at radius 1 is 1.22 bits per heavy atom. The lowest BCUT2D eigenvalue weighted by molar-refractivity contribution is -0.146. The first-order valence-corrected chi connectivity index (χ1v) is 7.32. The minimum absolute atomic E-state index is 0.211. The van der Waals surface area contributed by atoms with Gasteiger partial charge in [0.25, 0.3) is 0 Å². The van der Waals surface area contributed by atoms with Gasteiger partial charge in [-0.3, -0.25) is 4.79 Å². The molecule has 0 amide bonds. The van der Waals surface area contributed by atoms with Gasteiger partial charge in [0.2, 0.25) is 0 Å². The maximum atomic E-state index is 11.6. The van der Waals surface area contributed by atoms with E-state index in [0.717, 1.165) is 12.8 Å². The number of hydrogen-bond donors (Lipinski definition) is 2. The van der Waals surface area contributed by atoms with Crippen molar-refractivity contribution in [3.05, 3.63) is 0 Å². The summed E-state index contributed by atoms with van der Waals surface area (Å²) in [6.45, 7) is 3.23. The molecule has 0 bridgehead atoms. The van der Waals surface area contributed by atoms with Crippen molar-refractivity contribution < 1.29 is 14.6 Å². The molecule has 2 N–H and O–H groups in total. The molecule has 1 rings (SSSR count). The van der Waals surface area contributed by atoms with Crippen LogP contribution in [-0.4, -0.2) is 36.4 Å². The van der Waals surface area contributed by atoms with Crippen LogP contribution in [0, 0.1) is 0 Å². The fourth-order valence-corrected chi connectivity index (χ4v) is 2.23. The number of aliphatic hydroxyl groups is 1. The van der Waals surface area contributed by atoms with Gasteiger partial charge >= 0.3 is 5.97 Å². The Bertz CT molecular complexity index is 233. The molecule has 0 unspecified atom stereocenters. The molecule has 0 aliphatic carbocycles. The molecule has 0 spiro atoms. The summed E-state index contributed by atoms with van der Waals surface area (Å²) in [5.41, 5.74) is 0. The first-order valence-electron chi connectivity index (χ1n) is 7.32. The van der Waals surface area contributed by atoms with Crippen molar-refractivity contribution in [2.45, 2.75) is 70.4 Å². The minimum Gasteiger partial charge on any atom is -0.465 e. The second kappa shape index (κ2) is 9.34. The summed E-state index contributed by atoms with van der Waals surface area (Å²) in [6.07, 6.45) is 8.61. The van der Waals surface area contributed by atoms with Gasteiger partial charge in [-0.15, -0.1) is 0 Å². The van der Waals surface area contributed by atoms with Gasteiger partial charge < -0.3 is 15.2 Å². The highest BCUT2D eigenvalue weighted by Crippen LogP contribution is 2.09. The van der Waals surface area contributed by atoms with Crippen LogP contribution in [0.4, 0.5) is 0 Å². The molecule has 1 aliphatic rings. The Hall–Kier alpha value is -0.610. The Balaban J connectivity index is 1.90. The molecule has 106 valence electrons. The summed E-state index contributed by atoms with van der Waals surface area (Å²) in [5, 5.41) is 12.2. The predicted molar refractivity (Wildman–Crippen MR) is 71.4 cm³/mol. The topological polar surface area (TPSA) is 58.6 Å². The van der Waals surface area contributed by atoms with Crippen LogP contribution in [0.2, 0.25) is 0 Å². The van der Waals surface area contributed by atoms with Gasteiger partial charge in [0.05, 0.1) is 12.7 Å². The van der Waals surface area contributed by atoms with Crippen LogP contribution in [0.25, 0.3) is 0 Å². The number of carbonyl (C=O) groups is 1.